The van der Waals surface area contributed by atoms with Crippen LogP contribution in [-0.2, 0) is 32.5 Å². The molecule has 12 rings (SSSR count). The molecular weight excluding hydrogens is 834 g/mol. The summed E-state index contributed by atoms with van der Waals surface area (Å²) in [5.74, 6) is 0. The molecule has 9 aromatic rings. The van der Waals surface area contributed by atoms with Crippen LogP contribution in [0.25, 0.3) is 38.1 Å². The van der Waals surface area contributed by atoms with Gasteiger partial charge in [0.25, 0.3) is 6.71 Å². The summed E-state index contributed by atoms with van der Waals surface area (Å²) in [5, 5.41) is 5.45. The van der Waals surface area contributed by atoms with Crippen molar-refractivity contribution in [3.63, 3.8) is 0 Å². The predicted octanol–water partition coefficient (Wildman–Crippen LogP) is 16.1. The number of nitrogens with zero attached hydrogens (tertiary/aromatic N) is 3. The van der Waals surface area contributed by atoms with Gasteiger partial charge in [0.1, 0.15) is 0 Å². The highest BCUT2D eigenvalue weighted by molar-refractivity contribution is 7.01. The Balaban J connectivity index is 1.36. The smallest absolute Gasteiger partial charge is 0.252 e. The zero-order chi connectivity index (χ0) is 48.9. The lowest BCUT2D eigenvalue weighted by molar-refractivity contribution is 0.404. The lowest BCUT2D eigenvalue weighted by Crippen LogP contribution is -2.61. The van der Waals surface area contributed by atoms with Gasteiger partial charge in [-0.25, -0.2) is 0 Å². The third-order valence-corrected chi connectivity index (χ3v) is 16.7. The zero-order valence-corrected chi connectivity index (χ0v) is 44.2. The number of fused-ring (bicyclic) bond motifs is 14. The van der Waals surface area contributed by atoms with E-state index < -0.39 is 0 Å². The monoisotopic (exact) mass is 904 g/mol. The van der Waals surface area contributed by atoms with Gasteiger partial charge in [0, 0.05) is 44.3 Å². The lowest BCUT2D eigenvalue weighted by Gasteiger charge is -2.45. The average molecular weight is 904 g/mol. The Hall–Kier alpha value is -6.00. The van der Waals surface area contributed by atoms with E-state index in [1.54, 1.807) is 0 Å². The van der Waals surface area contributed by atoms with E-state index in [0.717, 1.165) is 6.42 Å². The van der Waals surface area contributed by atoms with Gasteiger partial charge < -0.3 is 14.2 Å². The molecule has 3 aliphatic rings. The van der Waals surface area contributed by atoms with E-state index in [1.165, 1.54) is 122 Å². The normalized spacial score (nSPS) is 16.5. The van der Waals surface area contributed by atoms with Crippen molar-refractivity contribution in [1.29, 1.82) is 0 Å². The summed E-state index contributed by atoms with van der Waals surface area (Å²) in [7, 11) is 0. The van der Waals surface area contributed by atoms with Crippen LogP contribution in [0.4, 0.5) is 34.1 Å². The second-order valence-corrected chi connectivity index (χ2v) is 26.6. The van der Waals surface area contributed by atoms with Crippen molar-refractivity contribution in [2.24, 2.45) is 0 Å². The standard InChI is InChI=1S/C65H70BN3/c1-60(2,3)38-21-27-42(28-22-38)67-49-32-25-40(62(7,8)9)35-46(49)66-47-36-41(63(10,11)12)26-33-50(47)68(43-29-23-39(24-30-43)61(4,5)6)59-54-53-51(34-31-45-55(53)65(15,16)37-64(45,13)14)69-48-20-18-17-19-44(48)52(57(54)69)58(67)56(59)66/h17-36H,37H2,1-16H3. The molecule has 0 N–H and O–H groups in total. The summed E-state index contributed by atoms with van der Waals surface area (Å²) in [6.45, 7) is 38.1. The zero-order valence-electron chi connectivity index (χ0n) is 44.2. The number of hydrogen-bond acceptors (Lipinski definition) is 2. The summed E-state index contributed by atoms with van der Waals surface area (Å²) in [6, 6.07) is 48.4. The van der Waals surface area contributed by atoms with Crippen molar-refractivity contribution >= 4 is 95.3 Å². The molecule has 2 aliphatic heterocycles. The van der Waals surface area contributed by atoms with E-state index in [9.17, 15) is 0 Å². The van der Waals surface area contributed by atoms with E-state index in [2.05, 4.69) is 246 Å². The quantitative estimate of drug-likeness (QED) is 0.160. The van der Waals surface area contributed by atoms with Crippen LogP contribution in [0.3, 0.4) is 0 Å². The van der Waals surface area contributed by atoms with Crippen molar-refractivity contribution in [2.45, 2.75) is 150 Å². The molecule has 0 amide bonds. The first-order valence-electron chi connectivity index (χ1n) is 25.7. The van der Waals surface area contributed by atoms with E-state index in [1.807, 2.05) is 0 Å². The SMILES string of the molecule is CC(C)(C)c1ccc(N2c3ccc(C(C)(C)C)cc3B3c4cc(C(C)(C)C)ccc4N(c4ccc(C(C)(C)C)cc4)c4c3c2c2c3ccccc3n3c5ccc6c(c5c4c23)C(C)(C)CC6(C)C)cc1. The largest absolute Gasteiger partial charge is 0.311 e. The first-order chi connectivity index (χ1) is 32.3. The van der Waals surface area contributed by atoms with Crippen LogP contribution in [0.2, 0.25) is 0 Å². The number of para-hydroxylation sites is 1. The molecule has 0 spiro atoms. The van der Waals surface area contributed by atoms with Crippen molar-refractivity contribution in [1.82, 2.24) is 4.40 Å². The minimum atomic E-state index is -0.0494. The van der Waals surface area contributed by atoms with Crippen molar-refractivity contribution in [3.05, 3.63) is 155 Å². The van der Waals surface area contributed by atoms with Crippen LogP contribution in [0.1, 0.15) is 151 Å². The van der Waals surface area contributed by atoms with Gasteiger partial charge in [-0.3, -0.25) is 0 Å². The fraction of sp³-hybridized carbons (Fsp3) is 0.354. The maximum atomic E-state index is 2.71. The Bertz CT molecular complexity index is 3580. The Labute approximate surface area is 412 Å². The molecule has 0 radical (unpaired) electrons. The van der Waals surface area contributed by atoms with E-state index in [4.69, 9.17) is 0 Å². The maximum Gasteiger partial charge on any atom is 0.252 e. The Morgan fingerprint density at radius 1 is 0.449 bits per heavy atom. The van der Waals surface area contributed by atoms with Crippen LogP contribution in [0, 0.1) is 0 Å². The molecule has 0 saturated carbocycles. The molecule has 7 aromatic carbocycles. The molecule has 1 aliphatic carbocycles. The molecule has 348 valence electrons. The Morgan fingerprint density at radius 3 is 1.41 bits per heavy atom. The molecule has 3 nitrogen and oxygen atoms in total. The maximum absolute atomic E-state index is 2.71. The van der Waals surface area contributed by atoms with Crippen molar-refractivity contribution in [2.75, 3.05) is 9.80 Å². The average Bonchev–Trinajstić information content (AvgIpc) is 3.86. The first-order valence-corrected chi connectivity index (χ1v) is 25.7. The molecule has 4 heterocycles. The van der Waals surface area contributed by atoms with Crippen LogP contribution in [0.15, 0.2) is 121 Å². The second kappa shape index (κ2) is 13.9. The molecule has 0 atom stereocenters. The van der Waals surface area contributed by atoms with Crippen LogP contribution < -0.4 is 26.2 Å². The number of hydrogen-bond donors (Lipinski definition) is 0. The lowest BCUT2D eigenvalue weighted by atomic mass is 9.33. The Morgan fingerprint density at radius 2 is 0.913 bits per heavy atom. The minimum Gasteiger partial charge on any atom is -0.311 e. The van der Waals surface area contributed by atoms with Gasteiger partial charge in [-0.2, -0.15) is 0 Å². The summed E-state index contributed by atoms with van der Waals surface area (Å²) < 4.78 is 2.67. The fourth-order valence-electron chi connectivity index (χ4n) is 13.4. The summed E-state index contributed by atoms with van der Waals surface area (Å²) in [4.78, 5) is 5.39. The molecule has 2 aromatic heterocycles. The summed E-state index contributed by atoms with van der Waals surface area (Å²) in [5.41, 5.74) is 23.9. The van der Waals surface area contributed by atoms with Crippen molar-refractivity contribution in [3.8, 4) is 0 Å². The predicted molar refractivity (Wildman–Crippen MR) is 301 cm³/mol. The van der Waals surface area contributed by atoms with Gasteiger partial charge >= 0.3 is 0 Å². The molecule has 69 heavy (non-hydrogen) atoms. The fourth-order valence-corrected chi connectivity index (χ4v) is 13.4. The molecular formula is C65H70BN3. The molecule has 0 saturated heterocycles. The molecule has 0 fully saturated rings. The summed E-state index contributed by atoms with van der Waals surface area (Å²) in [6.07, 6.45) is 1.10. The van der Waals surface area contributed by atoms with Crippen molar-refractivity contribution < 1.29 is 0 Å². The number of aromatic nitrogens is 1. The highest BCUT2D eigenvalue weighted by atomic mass is 15.2. The molecule has 0 unspecified atom stereocenters. The third-order valence-electron chi connectivity index (χ3n) is 16.7. The van der Waals surface area contributed by atoms with E-state index >= 15 is 0 Å². The topological polar surface area (TPSA) is 10.9 Å². The molecule has 0 bridgehead atoms. The van der Waals surface area contributed by atoms with E-state index in [0.29, 0.717) is 0 Å². The van der Waals surface area contributed by atoms with E-state index in [-0.39, 0.29) is 39.2 Å². The number of rotatable bonds is 2. The Kier molecular flexibility index (Phi) is 8.89. The number of anilines is 6. The van der Waals surface area contributed by atoms with Gasteiger partial charge in [-0.05, 0) is 137 Å². The highest BCUT2D eigenvalue weighted by Crippen LogP contribution is 2.59. The van der Waals surface area contributed by atoms with Crippen LogP contribution >= 0.6 is 0 Å². The third kappa shape index (κ3) is 6.18. The van der Waals surface area contributed by atoms with Gasteiger partial charge in [-0.15, -0.1) is 0 Å². The van der Waals surface area contributed by atoms with Gasteiger partial charge in [-0.1, -0.05) is 184 Å². The van der Waals surface area contributed by atoms with Crippen LogP contribution in [0.5, 0.6) is 0 Å². The highest BCUT2D eigenvalue weighted by Gasteiger charge is 2.49. The molecule has 4 heteroatoms. The summed E-state index contributed by atoms with van der Waals surface area (Å²) >= 11 is 0. The van der Waals surface area contributed by atoms with Gasteiger partial charge in [0.05, 0.1) is 27.9 Å². The second-order valence-electron chi connectivity index (χ2n) is 26.6. The minimum absolute atomic E-state index is 0.0214. The number of benzene rings is 7. The first kappa shape index (κ1) is 44.2. The van der Waals surface area contributed by atoms with Crippen LogP contribution in [-0.4, -0.2) is 11.1 Å². The van der Waals surface area contributed by atoms with Gasteiger partial charge in [0.2, 0.25) is 0 Å². The van der Waals surface area contributed by atoms with Gasteiger partial charge in [0.15, 0.2) is 0 Å².